The fraction of sp³-hybridized carbons (Fsp3) is 0. The molecular formula is C15H10Cl2N6O. The van der Waals surface area contributed by atoms with Crippen molar-refractivity contribution in [2.24, 2.45) is 5.10 Å². The van der Waals surface area contributed by atoms with Crippen molar-refractivity contribution in [3.8, 4) is 5.69 Å². The molecule has 3 rings (SSSR count). The summed E-state index contributed by atoms with van der Waals surface area (Å²) in [5, 5.41) is 15.7. The quantitative estimate of drug-likeness (QED) is 0.572. The average Bonchev–Trinajstić information content (AvgIpc) is 3.11. The van der Waals surface area contributed by atoms with Gasteiger partial charge in [0.2, 0.25) is 0 Å². The van der Waals surface area contributed by atoms with Crippen LogP contribution in [0.5, 0.6) is 0 Å². The molecule has 1 N–H and O–H groups in total. The summed E-state index contributed by atoms with van der Waals surface area (Å²) < 4.78 is 1.49. The molecule has 0 fully saturated rings. The van der Waals surface area contributed by atoms with Crippen LogP contribution in [0.3, 0.4) is 0 Å². The van der Waals surface area contributed by atoms with E-state index in [1.807, 2.05) is 0 Å². The third-order valence-corrected chi connectivity index (χ3v) is 3.64. The Labute approximate surface area is 146 Å². The lowest BCUT2D eigenvalue weighted by molar-refractivity contribution is 0.0955. The number of carbonyl (C=O) groups is 1. The van der Waals surface area contributed by atoms with Gasteiger partial charge in [-0.15, -0.1) is 5.10 Å². The van der Waals surface area contributed by atoms with E-state index in [-0.39, 0.29) is 5.91 Å². The van der Waals surface area contributed by atoms with Crippen molar-refractivity contribution in [2.45, 2.75) is 0 Å². The maximum absolute atomic E-state index is 12.0. The van der Waals surface area contributed by atoms with Crippen LogP contribution >= 0.6 is 23.2 Å². The van der Waals surface area contributed by atoms with Crippen LogP contribution in [-0.2, 0) is 0 Å². The van der Waals surface area contributed by atoms with E-state index in [1.165, 1.54) is 17.2 Å². The topological polar surface area (TPSA) is 85.1 Å². The van der Waals surface area contributed by atoms with Gasteiger partial charge in [0, 0.05) is 16.1 Å². The lowest BCUT2D eigenvalue weighted by atomic mass is 10.2. The maximum atomic E-state index is 12.0. The summed E-state index contributed by atoms with van der Waals surface area (Å²) in [6.45, 7) is 0. The molecule has 7 nitrogen and oxygen atoms in total. The van der Waals surface area contributed by atoms with Crippen LogP contribution < -0.4 is 5.43 Å². The van der Waals surface area contributed by atoms with E-state index >= 15 is 0 Å². The minimum atomic E-state index is -0.348. The number of aromatic nitrogens is 4. The molecule has 0 bridgehead atoms. The Morgan fingerprint density at radius 2 is 1.96 bits per heavy atom. The fourth-order valence-electron chi connectivity index (χ4n) is 1.88. The van der Waals surface area contributed by atoms with Crippen LogP contribution in [0.15, 0.2) is 53.9 Å². The van der Waals surface area contributed by atoms with E-state index in [4.69, 9.17) is 23.2 Å². The average molecular weight is 361 g/mol. The Morgan fingerprint density at radius 3 is 2.62 bits per heavy atom. The number of amides is 1. The lowest BCUT2D eigenvalue weighted by Crippen LogP contribution is -2.17. The van der Waals surface area contributed by atoms with E-state index in [2.05, 4.69) is 26.1 Å². The molecule has 1 heterocycles. The number of rotatable bonds is 4. The zero-order valence-electron chi connectivity index (χ0n) is 12.1. The molecule has 0 aliphatic carbocycles. The molecule has 1 aromatic heterocycles. The van der Waals surface area contributed by atoms with Crippen molar-refractivity contribution < 1.29 is 4.79 Å². The van der Waals surface area contributed by atoms with Gasteiger partial charge in [-0.3, -0.25) is 4.79 Å². The van der Waals surface area contributed by atoms with Crippen LogP contribution in [0.4, 0.5) is 0 Å². The molecule has 2 aromatic carbocycles. The summed E-state index contributed by atoms with van der Waals surface area (Å²) in [5.41, 5.74) is 4.28. The molecule has 0 saturated heterocycles. The molecule has 1 amide bonds. The second-order valence-corrected chi connectivity index (χ2v) is 5.51. The second-order valence-electron chi connectivity index (χ2n) is 4.67. The van der Waals surface area contributed by atoms with Crippen molar-refractivity contribution in [2.75, 3.05) is 0 Å². The second kappa shape index (κ2) is 7.20. The number of carbonyl (C=O) groups excluding carboxylic acids is 1. The number of benzene rings is 2. The van der Waals surface area contributed by atoms with E-state index < -0.39 is 0 Å². The number of tetrazole rings is 1. The zero-order valence-corrected chi connectivity index (χ0v) is 13.6. The minimum Gasteiger partial charge on any atom is -0.267 e. The van der Waals surface area contributed by atoms with Crippen LogP contribution in [0.25, 0.3) is 5.69 Å². The molecule has 3 aromatic rings. The van der Waals surface area contributed by atoms with Gasteiger partial charge in [0.25, 0.3) is 5.91 Å². The first-order valence-electron chi connectivity index (χ1n) is 6.75. The Balaban J connectivity index is 1.65. The fourth-order valence-corrected chi connectivity index (χ4v) is 2.33. The maximum Gasteiger partial charge on any atom is 0.271 e. The largest absolute Gasteiger partial charge is 0.271 e. The molecule has 0 aliphatic heterocycles. The predicted molar refractivity (Wildman–Crippen MR) is 90.7 cm³/mol. The first-order chi connectivity index (χ1) is 11.6. The van der Waals surface area contributed by atoms with Gasteiger partial charge in [0.05, 0.1) is 16.9 Å². The number of halogens is 2. The van der Waals surface area contributed by atoms with E-state index in [0.717, 1.165) is 5.69 Å². The Kier molecular flexibility index (Phi) is 4.83. The molecule has 120 valence electrons. The van der Waals surface area contributed by atoms with Gasteiger partial charge >= 0.3 is 0 Å². The standard InChI is InChI=1S/C15H10Cl2N6O/c16-12-4-1-11(14(17)7-12)8-18-20-15(24)10-2-5-13(6-3-10)23-9-19-21-22-23/h1-9H,(H,20,24). The third-order valence-electron chi connectivity index (χ3n) is 3.08. The summed E-state index contributed by atoms with van der Waals surface area (Å²) in [5.74, 6) is -0.348. The molecular weight excluding hydrogens is 351 g/mol. The normalized spacial score (nSPS) is 10.9. The van der Waals surface area contributed by atoms with Gasteiger partial charge in [-0.1, -0.05) is 29.3 Å². The van der Waals surface area contributed by atoms with E-state index in [0.29, 0.717) is 21.2 Å². The summed E-state index contributed by atoms with van der Waals surface area (Å²) in [4.78, 5) is 12.0. The zero-order chi connectivity index (χ0) is 16.9. The highest BCUT2D eigenvalue weighted by Gasteiger charge is 2.05. The summed E-state index contributed by atoms with van der Waals surface area (Å²) >= 11 is 11.8. The number of hydrogen-bond donors (Lipinski definition) is 1. The van der Waals surface area contributed by atoms with Crippen LogP contribution in [0.1, 0.15) is 15.9 Å². The first kappa shape index (κ1) is 16.1. The summed E-state index contributed by atoms with van der Waals surface area (Å²) in [6.07, 6.45) is 2.92. The van der Waals surface area contributed by atoms with Crippen molar-refractivity contribution in [3.05, 3.63) is 70.0 Å². The third kappa shape index (κ3) is 3.76. The number of nitrogens with zero attached hydrogens (tertiary/aromatic N) is 5. The van der Waals surface area contributed by atoms with E-state index in [9.17, 15) is 4.79 Å². The van der Waals surface area contributed by atoms with Crippen molar-refractivity contribution in [3.63, 3.8) is 0 Å². The van der Waals surface area contributed by atoms with E-state index in [1.54, 1.807) is 42.5 Å². The molecule has 0 atom stereocenters. The Bertz CT molecular complexity index is 877. The molecule has 0 radical (unpaired) electrons. The molecule has 24 heavy (non-hydrogen) atoms. The van der Waals surface area contributed by atoms with Crippen LogP contribution in [0.2, 0.25) is 10.0 Å². The van der Waals surface area contributed by atoms with Gasteiger partial charge in [-0.05, 0) is 46.8 Å². The lowest BCUT2D eigenvalue weighted by Gasteiger charge is -2.02. The van der Waals surface area contributed by atoms with Crippen LogP contribution in [0, 0.1) is 0 Å². The molecule has 0 unspecified atom stereocenters. The molecule has 0 aliphatic rings. The molecule has 9 heteroatoms. The number of hydrazone groups is 1. The Morgan fingerprint density at radius 1 is 1.17 bits per heavy atom. The van der Waals surface area contributed by atoms with Crippen molar-refractivity contribution in [1.29, 1.82) is 0 Å². The number of nitrogens with one attached hydrogen (secondary N) is 1. The van der Waals surface area contributed by atoms with Gasteiger partial charge in [0.1, 0.15) is 6.33 Å². The predicted octanol–water partition coefficient (Wildman–Crippen LogP) is 2.73. The van der Waals surface area contributed by atoms with Crippen molar-refractivity contribution in [1.82, 2.24) is 25.6 Å². The molecule has 0 spiro atoms. The van der Waals surface area contributed by atoms with Gasteiger partial charge < -0.3 is 0 Å². The highest BCUT2D eigenvalue weighted by atomic mass is 35.5. The van der Waals surface area contributed by atoms with Crippen LogP contribution in [-0.4, -0.2) is 32.3 Å². The Hall–Kier alpha value is -2.77. The minimum absolute atomic E-state index is 0.348. The SMILES string of the molecule is O=C(NN=Cc1ccc(Cl)cc1Cl)c1ccc(-n2cnnn2)cc1. The van der Waals surface area contributed by atoms with Crippen molar-refractivity contribution >= 4 is 35.3 Å². The van der Waals surface area contributed by atoms with Gasteiger partial charge in [-0.2, -0.15) is 5.10 Å². The smallest absolute Gasteiger partial charge is 0.267 e. The number of hydrogen-bond acceptors (Lipinski definition) is 5. The first-order valence-corrected chi connectivity index (χ1v) is 7.51. The molecule has 0 saturated carbocycles. The highest BCUT2D eigenvalue weighted by molar-refractivity contribution is 6.36. The summed E-state index contributed by atoms with van der Waals surface area (Å²) in [7, 11) is 0. The van der Waals surface area contributed by atoms with Gasteiger partial charge in [0.15, 0.2) is 0 Å². The highest BCUT2D eigenvalue weighted by Crippen LogP contribution is 2.19. The summed E-state index contributed by atoms with van der Waals surface area (Å²) in [6, 6.07) is 11.8. The monoisotopic (exact) mass is 360 g/mol. The van der Waals surface area contributed by atoms with Gasteiger partial charge in [-0.25, -0.2) is 10.1 Å².